The molecule has 2 fully saturated rings. The van der Waals surface area contributed by atoms with E-state index in [0.717, 1.165) is 35.8 Å². The molecule has 0 heterocycles. The van der Waals surface area contributed by atoms with Gasteiger partial charge in [-0.1, -0.05) is 0 Å². The molecule has 0 saturated heterocycles. The summed E-state index contributed by atoms with van der Waals surface area (Å²) in [5, 5.41) is 6.43. The normalized spacial score (nSPS) is 19.5. The molecule has 0 unspecified atom stereocenters. The number of hydrogen-bond donors (Lipinski definition) is 2. The molecule has 0 bridgehead atoms. The molecule has 1 aromatic carbocycles. The van der Waals surface area contributed by atoms with Crippen molar-refractivity contribution in [3.63, 3.8) is 0 Å². The maximum absolute atomic E-state index is 12.3. The van der Waals surface area contributed by atoms with Gasteiger partial charge in [-0.2, -0.15) is 0 Å². The Morgan fingerprint density at radius 1 is 1.35 bits per heavy atom. The van der Waals surface area contributed by atoms with Gasteiger partial charge in [-0.3, -0.25) is 4.79 Å². The van der Waals surface area contributed by atoms with E-state index >= 15 is 0 Å². The van der Waals surface area contributed by atoms with Crippen molar-refractivity contribution in [1.82, 2.24) is 5.32 Å². The fourth-order valence-electron chi connectivity index (χ4n) is 3.17. The number of aryl methyl sites for hydroxylation is 1. The summed E-state index contributed by atoms with van der Waals surface area (Å²) in [6, 6.07) is 5.96. The Bertz CT molecular complexity index is 516. The van der Waals surface area contributed by atoms with Gasteiger partial charge in [0.15, 0.2) is 0 Å². The van der Waals surface area contributed by atoms with Gasteiger partial charge in [0.25, 0.3) is 5.91 Å². The quantitative estimate of drug-likeness (QED) is 0.834. The second-order valence-corrected chi connectivity index (χ2v) is 6.38. The van der Waals surface area contributed by atoms with E-state index in [4.69, 9.17) is 0 Å². The average Bonchev–Trinajstić information content (AvgIpc) is 3.27. The first-order valence-electron chi connectivity index (χ1n) is 7.77. The third kappa shape index (κ3) is 2.67. The van der Waals surface area contributed by atoms with Gasteiger partial charge in [0, 0.05) is 24.3 Å². The van der Waals surface area contributed by atoms with Crippen LogP contribution in [0.25, 0.3) is 0 Å². The number of amides is 1. The SMILES string of the molecule is CCNc1ccc(C(=O)NCC2(C3CC3)CC2)c(C)c1. The van der Waals surface area contributed by atoms with E-state index in [9.17, 15) is 4.79 Å². The molecule has 0 spiro atoms. The van der Waals surface area contributed by atoms with Crippen LogP contribution in [-0.4, -0.2) is 19.0 Å². The summed E-state index contributed by atoms with van der Waals surface area (Å²) in [7, 11) is 0. The Kier molecular flexibility index (Phi) is 3.45. The molecule has 20 heavy (non-hydrogen) atoms. The van der Waals surface area contributed by atoms with Gasteiger partial charge in [0.05, 0.1) is 0 Å². The van der Waals surface area contributed by atoms with Crippen LogP contribution in [0.3, 0.4) is 0 Å². The Labute approximate surface area is 121 Å². The van der Waals surface area contributed by atoms with Crippen LogP contribution in [0.2, 0.25) is 0 Å². The zero-order chi connectivity index (χ0) is 14.2. The van der Waals surface area contributed by atoms with E-state index in [1.165, 1.54) is 25.7 Å². The van der Waals surface area contributed by atoms with Crippen molar-refractivity contribution in [3.8, 4) is 0 Å². The minimum absolute atomic E-state index is 0.0810. The average molecular weight is 272 g/mol. The molecule has 0 radical (unpaired) electrons. The molecule has 1 aromatic rings. The molecule has 2 N–H and O–H groups in total. The monoisotopic (exact) mass is 272 g/mol. The van der Waals surface area contributed by atoms with Gasteiger partial charge in [-0.15, -0.1) is 0 Å². The number of carbonyl (C=O) groups is 1. The lowest BCUT2D eigenvalue weighted by Gasteiger charge is -2.16. The summed E-state index contributed by atoms with van der Waals surface area (Å²) in [6.07, 6.45) is 5.34. The molecule has 0 aromatic heterocycles. The summed E-state index contributed by atoms with van der Waals surface area (Å²) >= 11 is 0. The Morgan fingerprint density at radius 3 is 2.65 bits per heavy atom. The molecule has 2 saturated carbocycles. The van der Waals surface area contributed by atoms with Gasteiger partial charge >= 0.3 is 0 Å². The van der Waals surface area contributed by atoms with Crippen molar-refractivity contribution in [2.75, 3.05) is 18.4 Å². The molecule has 3 heteroatoms. The van der Waals surface area contributed by atoms with Crippen molar-refractivity contribution in [3.05, 3.63) is 29.3 Å². The third-order valence-electron chi connectivity index (χ3n) is 4.79. The molecule has 3 rings (SSSR count). The summed E-state index contributed by atoms with van der Waals surface area (Å²) in [6.45, 7) is 5.84. The van der Waals surface area contributed by atoms with E-state index < -0.39 is 0 Å². The van der Waals surface area contributed by atoms with E-state index in [0.29, 0.717) is 5.41 Å². The first kappa shape index (κ1) is 13.5. The molecular weight excluding hydrogens is 248 g/mol. The number of nitrogens with one attached hydrogen (secondary N) is 2. The first-order chi connectivity index (χ1) is 9.64. The number of carbonyl (C=O) groups excluding carboxylic acids is 1. The van der Waals surface area contributed by atoms with E-state index in [1.807, 2.05) is 25.1 Å². The topological polar surface area (TPSA) is 41.1 Å². The Morgan fingerprint density at radius 2 is 2.10 bits per heavy atom. The highest BCUT2D eigenvalue weighted by Crippen LogP contribution is 2.60. The second kappa shape index (κ2) is 5.12. The van der Waals surface area contributed by atoms with Crippen LogP contribution in [-0.2, 0) is 0 Å². The zero-order valence-corrected chi connectivity index (χ0v) is 12.5. The number of benzene rings is 1. The van der Waals surface area contributed by atoms with Crippen molar-refractivity contribution >= 4 is 11.6 Å². The van der Waals surface area contributed by atoms with Gasteiger partial charge in [0.1, 0.15) is 0 Å². The van der Waals surface area contributed by atoms with Crippen LogP contribution in [0.1, 0.15) is 48.5 Å². The summed E-state index contributed by atoms with van der Waals surface area (Å²) in [5.41, 5.74) is 3.39. The number of rotatable bonds is 6. The summed E-state index contributed by atoms with van der Waals surface area (Å²) in [4.78, 5) is 12.3. The molecule has 2 aliphatic carbocycles. The standard InChI is InChI=1S/C17H24N2O/c1-3-18-14-6-7-15(12(2)10-14)16(20)19-11-17(8-9-17)13-4-5-13/h6-7,10,13,18H,3-5,8-9,11H2,1-2H3,(H,19,20). The van der Waals surface area contributed by atoms with E-state index in [-0.39, 0.29) is 5.91 Å². The van der Waals surface area contributed by atoms with Gasteiger partial charge < -0.3 is 10.6 Å². The van der Waals surface area contributed by atoms with Crippen LogP contribution in [0.5, 0.6) is 0 Å². The lowest BCUT2D eigenvalue weighted by Crippen LogP contribution is -2.31. The smallest absolute Gasteiger partial charge is 0.251 e. The molecule has 0 aliphatic heterocycles. The predicted molar refractivity (Wildman–Crippen MR) is 82.1 cm³/mol. The van der Waals surface area contributed by atoms with Gasteiger partial charge in [0.2, 0.25) is 0 Å². The van der Waals surface area contributed by atoms with Crippen LogP contribution in [0.15, 0.2) is 18.2 Å². The minimum Gasteiger partial charge on any atom is -0.385 e. The van der Waals surface area contributed by atoms with Gasteiger partial charge in [-0.25, -0.2) is 0 Å². The summed E-state index contributed by atoms with van der Waals surface area (Å²) in [5.74, 6) is 0.970. The van der Waals surface area contributed by atoms with E-state index in [1.54, 1.807) is 0 Å². The Hall–Kier alpha value is -1.51. The molecular formula is C17H24N2O. The maximum atomic E-state index is 12.3. The highest BCUT2D eigenvalue weighted by Gasteiger charge is 2.53. The third-order valence-corrected chi connectivity index (χ3v) is 4.79. The molecule has 2 aliphatic rings. The van der Waals surface area contributed by atoms with E-state index in [2.05, 4.69) is 17.6 Å². The van der Waals surface area contributed by atoms with Crippen molar-refractivity contribution in [1.29, 1.82) is 0 Å². The van der Waals surface area contributed by atoms with Crippen LogP contribution < -0.4 is 10.6 Å². The highest BCUT2D eigenvalue weighted by molar-refractivity contribution is 5.96. The van der Waals surface area contributed by atoms with Crippen molar-refractivity contribution in [2.45, 2.75) is 39.5 Å². The largest absolute Gasteiger partial charge is 0.385 e. The van der Waals surface area contributed by atoms with Crippen LogP contribution in [0.4, 0.5) is 5.69 Å². The van der Waals surface area contributed by atoms with Crippen LogP contribution >= 0.6 is 0 Å². The lowest BCUT2D eigenvalue weighted by molar-refractivity contribution is 0.0942. The molecule has 108 valence electrons. The fraction of sp³-hybridized carbons (Fsp3) is 0.588. The maximum Gasteiger partial charge on any atom is 0.251 e. The lowest BCUT2D eigenvalue weighted by atomic mass is 10.00. The number of anilines is 1. The molecule has 3 nitrogen and oxygen atoms in total. The first-order valence-corrected chi connectivity index (χ1v) is 7.77. The van der Waals surface area contributed by atoms with Crippen molar-refractivity contribution < 1.29 is 4.79 Å². The second-order valence-electron chi connectivity index (χ2n) is 6.38. The van der Waals surface area contributed by atoms with Crippen molar-refractivity contribution in [2.24, 2.45) is 11.3 Å². The zero-order valence-electron chi connectivity index (χ0n) is 12.5. The fourth-order valence-corrected chi connectivity index (χ4v) is 3.17. The highest BCUT2D eigenvalue weighted by atomic mass is 16.1. The van der Waals surface area contributed by atoms with Gasteiger partial charge in [-0.05, 0) is 74.6 Å². The van der Waals surface area contributed by atoms with Crippen LogP contribution in [0, 0.1) is 18.3 Å². The molecule has 1 amide bonds. The minimum atomic E-state index is 0.0810. The summed E-state index contributed by atoms with van der Waals surface area (Å²) < 4.78 is 0. The Balaban J connectivity index is 1.61. The number of hydrogen-bond acceptors (Lipinski definition) is 2. The predicted octanol–water partition coefficient (Wildman–Crippen LogP) is 3.35. The molecule has 0 atom stereocenters.